The number of aromatic nitrogens is 2. The largest absolute Gasteiger partial charge is 0.444 e. The Bertz CT molecular complexity index is 959. The molecule has 1 aromatic carbocycles. The zero-order valence-corrected chi connectivity index (χ0v) is 17.6. The summed E-state index contributed by atoms with van der Waals surface area (Å²) in [7, 11) is 1.69. The molecule has 2 heterocycles. The summed E-state index contributed by atoms with van der Waals surface area (Å²) in [5.74, 6) is 0.715. The van der Waals surface area contributed by atoms with E-state index in [1.165, 1.54) is 22.6 Å². The van der Waals surface area contributed by atoms with Crippen molar-refractivity contribution in [1.29, 1.82) is 0 Å². The Hall–Kier alpha value is -3.20. The number of rotatable bonds is 6. The molecule has 29 heavy (non-hydrogen) atoms. The molecule has 0 saturated carbocycles. The number of amides is 1. The topological polar surface area (TPSA) is 92.9 Å². The summed E-state index contributed by atoms with van der Waals surface area (Å²) in [6, 6.07) is 7.65. The van der Waals surface area contributed by atoms with Crippen LogP contribution in [0.1, 0.15) is 31.5 Å². The lowest BCUT2D eigenvalue weighted by molar-refractivity contribution is 0.0283. The monoisotopic (exact) mass is 413 g/mol. The molecule has 9 heteroatoms. The first kappa shape index (κ1) is 20.5. The van der Waals surface area contributed by atoms with E-state index in [4.69, 9.17) is 9.15 Å². The second-order valence-electron chi connectivity index (χ2n) is 7.33. The average Bonchev–Trinajstić information content (AvgIpc) is 3.33. The lowest BCUT2D eigenvalue weighted by Crippen LogP contribution is -2.33. The van der Waals surface area contributed by atoms with Gasteiger partial charge < -0.3 is 14.1 Å². The number of benzene rings is 1. The number of carbonyl (C=O) groups is 1. The van der Waals surface area contributed by atoms with Gasteiger partial charge in [-0.15, -0.1) is 11.3 Å². The van der Waals surface area contributed by atoms with Crippen LogP contribution in [0.4, 0.5) is 10.5 Å². The van der Waals surface area contributed by atoms with Crippen molar-refractivity contribution in [3.8, 4) is 11.3 Å². The average molecular weight is 414 g/mol. The molecule has 0 radical (unpaired) electrons. The Morgan fingerprint density at radius 1 is 1.34 bits per heavy atom. The van der Waals surface area contributed by atoms with Crippen molar-refractivity contribution in [3.05, 3.63) is 52.9 Å². The van der Waals surface area contributed by atoms with Crippen molar-refractivity contribution in [2.45, 2.75) is 32.9 Å². The lowest BCUT2D eigenvalue weighted by Gasteiger charge is -2.24. The predicted molar refractivity (Wildman–Crippen MR) is 113 cm³/mol. The number of nitrogens with zero attached hydrogens (tertiary/aromatic N) is 4. The molecule has 0 unspecified atom stereocenters. The van der Waals surface area contributed by atoms with Crippen molar-refractivity contribution in [3.63, 3.8) is 0 Å². The third kappa shape index (κ3) is 6.15. The highest BCUT2D eigenvalue weighted by Crippen LogP contribution is 2.20. The van der Waals surface area contributed by atoms with Crippen LogP contribution in [0.5, 0.6) is 0 Å². The van der Waals surface area contributed by atoms with Gasteiger partial charge in [0.1, 0.15) is 10.6 Å². The van der Waals surface area contributed by atoms with E-state index in [2.05, 4.69) is 20.5 Å². The Kier molecular flexibility index (Phi) is 6.28. The second kappa shape index (κ2) is 8.87. The predicted octanol–water partition coefficient (Wildman–Crippen LogP) is 4.61. The van der Waals surface area contributed by atoms with E-state index >= 15 is 0 Å². The van der Waals surface area contributed by atoms with E-state index in [-0.39, 0.29) is 6.09 Å². The molecular weight excluding hydrogens is 390 g/mol. The second-order valence-corrected chi connectivity index (χ2v) is 8.22. The van der Waals surface area contributed by atoms with Crippen LogP contribution in [0.25, 0.3) is 11.3 Å². The minimum Gasteiger partial charge on any atom is -0.444 e. The van der Waals surface area contributed by atoms with Crippen LogP contribution in [0, 0.1) is 0 Å². The molecule has 0 aliphatic rings. The van der Waals surface area contributed by atoms with E-state index in [1.807, 2.05) is 50.4 Å². The smallest absolute Gasteiger partial charge is 0.410 e. The van der Waals surface area contributed by atoms with E-state index in [0.29, 0.717) is 12.3 Å². The van der Waals surface area contributed by atoms with E-state index in [0.717, 1.165) is 22.0 Å². The van der Waals surface area contributed by atoms with Gasteiger partial charge >= 0.3 is 6.09 Å². The fourth-order valence-corrected chi connectivity index (χ4v) is 3.00. The Labute approximate surface area is 173 Å². The van der Waals surface area contributed by atoms with Gasteiger partial charge in [-0.3, -0.25) is 5.43 Å². The van der Waals surface area contributed by atoms with Gasteiger partial charge in [0.15, 0.2) is 12.2 Å². The normalized spacial score (nSPS) is 11.6. The Morgan fingerprint density at radius 3 is 2.76 bits per heavy atom. The maximum Gasteiger partial charge on any atom is 0.410 e. The molecule has 0 bridgehead atoms. The highest BCUT2D eigenvalue weighted by atomic mass is 32.1. The number of thiazole rings is 1. The first-order valence-corrected chi connectivity index (χ1v) is 9.85. The third-order valence-corrected chi connectivity index (χ3v) is 4.47. The summed E-state index contributed by atoms with van der Waals surface area (Å²) in [6.07, 6.45) is 4.34. The highest BCUT2D eigenvalue weighted by molar-refractivity contribution is 7.11. The van der Waals surface area contributed by atoms with Crippen LogP contribution in [-0.2, 0) is 11.3 Å². The molecule has 0 fully saturated rings. The van der Waals surface area contributed by atoms with E-state index < -0.39 is 5.60 Å². The van der Waals surface area contributed by atoms with E-state index in [9.17, 15) is 4.79 Å². The van der Waals surface area contributed by atoms with Crippen molar-refractivity contribution in [2.75, 3.05) is 12.5 Å². The van der Waals surface area contributed by atoms with Crippen LogP contribution < -0.4 is 5.43 Å². The molecule has 2 aromatic heterocycles. The van der Waals surface area contributed by atoms with Crippen LogP contribution in [0.3, 0.4) is 0 Å². The van der Waals surface area contributed by atoms with Crippen LogP contribution in [0.2, 0.25) is 0 Å². The molecular formula is C20H23N5O3S. The molecule has 0 saturated heterocycles. The van der Waals surface area contributed by atoms with Gasteiger partial charge in [0.2, 0.25) is 0 Å². The van der Waals surface area contributed by atoms with Crippen molar-refractivity contribution < 1.29 is 13.9 Å². The number of hydrogen-bond donors (Lipinski definition) is 1. The molecule has 0 aliphatic heterocycles. The maximum atomic E-state index is 12.0. The number of hydrogen-bond acceptors (Lipinski definition) is 8. The zero-order valence-electron chi connectivity index (χ0n) is 16.7. The molecule has 3 rings (SSSR count). The number of hydrazone groups is 1. The van der Waals surface area contributed by atoms with Gasteiger partial charge in [-0.25, -0.2) is 14.8 Å². The molecule has 3 aromatic rings. The van der Waals surface area contributed by atoms with Gasteiger partial charge in [0.05, 0.1) is 30.3 Å². The van der Waals surface area contributed by atoms with Gasteiger partial charge in [0.25, 0.3) is 0 Å². The number of anilines is 1. The Morgan fingerprint density at radius 2 is 2.10 bits per heavy atom. The summed E-state index contributed by atoms with van der Waals surface area (Å²) in [6.45, 7) is 5.89. The minimum absolute atomic E-state index is 0.371. The number of oxazole rings is 1. The molecule has 8 nitrogen and oxygen atoms in total. The van der Waals surface area contributed by atoms with Crippen LogP contribution in [-0.4, -0.2) is 39.8 Å². The van der Waals surface area contributed by atoms with Gasteiger partial charge in [-0.2, -0.15) is 5.10 Å². The third-order valence-electron chi connectivity index (χ3n) is 3.64. The maximum absolute atomic E-state index is 12.0. The molecule has 0 atom stereocenters. The molecule has 0 aliphatic carbocycles. The SMILES string of the molecule is CN(Cc1csc(C=NNc2ccc(-c3cnco3)cc2)n1)C(=O)OC(C)(C)C. The summed E-state index contributed by atoms with van der Waals surface area (Å²) in [5.41, 5.74) is 5.00. The molecule has 0 spiro atoms. The fraction of sp³-hybridized carbons (Fsp3) is 0.300. The quantitative estimate of drug-likeness (QED) is 0.468. The number of nitrogens with one attached hydrogen (secondary N) is 1. The number of carbonyl (C=O) groups excluding carboxylic acids is 1. The molecule has 1 amide bonds. The molecule has 1 N–H and O–H groups in total. The fourth-order valence-electron chi connectivity index (χ4n) is 2.33. The van der Waals surface area contributed by atoms with Crippen LogP contribution >= 0.6 is 11.3 Å². The summed E-state index contributed by atoms with van der Waals surface area (Å²) in [5, 5.41) is 6.85. The minimum atomic E-state index is -0.524. The van der Waals surface area contributed by atoms with Crippen molar-refractivity contribution >= 4 is 29.3 Å². The van der Waals surface area contributed by atoms with E-state index in [1.54, 1.807) is 19.5 Å². The first-order valence-electron chi connectivity index (χ1n) is 8.97. The van der Waals surface area contributed by atoms with Gasteiger partial charge in [0, 0.05) is 18.0 Å². The first-order chi connectivity index (χ1) is 13.8. The van der Waals surface area contributed by atoms with Crippen molar-refractivity contribution in [2.24, 2.45) is 5.10 Å². The van der Waals surface area contributed by atoms with Gasteiger partial charge in [-0.1, -0.05) is 0 Å². The van der Waals surface area contributed by atoms with Crippen molar-refractivity contribution in [1.82, 2.24) is 14.9 Å². The highest BCUT2D eigenvalue weighted by Gasteiger charge is 2.20. The van der Waals surface area contributed by atoms with Crippen LogP contribution in [0.15, 0.2) is 51.8 Å². The summed E-state index contributed by atoms with van der Waals surface area (Å²) >= 11 is 1.45. The standard InChI is InChI=1S/C20H23N5O3S/c1-20(2,3)28-19(26)25(4)11-16-12-29-18(23-16)10-22-24-15-7-5-14(6-8-15)17-9-21-13-27-17/h5-10,12-13,24H,11H2,1-4H3. The number of ether oxygens (including phenoxy) is 1. The van der Waals surface area contributed by atoms with Gasteiger partial charge in [-0.05, 0) is 45.0 Å². The lowest BCUT2D eigenvalue weighted by atomic mass is 10.2. The zero-order chi connectivity index (χ0) is 20.9. The summed E-state index contributed by atoms with van der Waals surface area (Å²) in [4.78, 5) is 21.9. The summed E-state index contributed by atoms with van der Waals surface area (Å²) < 4.78 is 10.6. The molecule has 152 valence electrons. The Balaban J connectivity index is 1.52.